The molecule has 0 spiro atoms. The fraction of sp³-hybridized carbons (Fsp3) is 0.389. The minimum absolute atomic E-state index is 0.326. The molecule has 2 nitrogen and oxygen atoms in total. The Balaban J connectivity index is 2.30. The Kier molecular flexibility index (Phi) is 4.91. The minimum atomic E-state index is 0.326. The highest BCUT2D eigenvalue weighted by atomic mass is 14.9. The van der Waals surface area contributed by atoms with Crippen molar-refractivity contribution >= 4 is 0 Å². The van der Waals surface area contributed by atoms with Crippen molar-refractivity contribution in [2.24, 2.45) is 0 Å². The highest BCUT2D eigenvalue weighted by Gasteiger charge is 2.14. The van der Waals surface area contributed by atoms with Crippen molar-refractivity contribution in [3.8, 4) is 0 Å². The molecule has 2 rings (SSSR count). The largest absolute Gasteiger partial charge is 0.310 e. The van der Waals surface area contributed by atoms with Crippen molar-refractivity contribution in [3.05, 3.63) is 64.5 Å². The molecule has 1 N–H and O–H groups in total. The molecule has 0 aliphatic rings. The summed E-state index contributed by atoms with van der Waals surface area (Å²) in [6, 6.07) is 9.07. The van der Waals surface area contributed by atoms with Gasteiger partial charge in [0.1, 0.15) is 0 Å². The van der Waals surface area contributed by atoms with E-state index in [1.54, 1.807) is 0 Å². The third-order valence-electron chi connectivity index (χ3n) is 3.80. The summed E-state index contributed by atoms with van der Waals surface area (Å²) in [7, 11) is 0. The summed E-state index contributed by atoms with van der Waals surface area (Å²) >= 11 is 0. The Morgan fingerprint density at radius 3 is 2.40 bits per heavy atom. The quantitative estimate of drug-likeness (QED) is 0.889. The van der Waals surface area contributed by atoms with Crippen molar-refractivity contribution in [1.82, 2.24) is 10.3 Å². The Labute approximate surface area is 122 Å². The molecule has 0 aliphatic heterocycles. The van der Waals surface area contributed by atoms with Gasteiger partial charge in [-0.1, -0.05) is 31.2 Å². The van der Waals surface area contributed by atoms with E-state index in [0.717, 1.165) is 13.0 Å². The standard InChI is InChI=1S/C18H24N2/c1-5-20-18(16-9-13(2)11-19-12-16)10-17-14(3)7-6-8-15(17)4/h6-9,11-12,18,20H,5,10H2,1-4H3. The number of hydrogen-bond donors (Lipinski definition) is 1. The zero-order valence-electron chi connectivity index (χ0n) is 12.9. The molecule has 2 heteroatoms. The first-order valence-electron chi connectivity index (χ1n) is 7.31. The number of benzene rings is 1. The van der Waals surface area contributed by atoms with Crippen LogP contribution >= 0.6 is 0 Å². The summed E-state index contributed by atoms with van der Waals surface area (Å²) < 4.78 is 0. The average molecular weight is 268 g/mol. The van der Waals surface area contributed by atoms with Crippen LogP contribution in [0.2, 0.25) is 0 Å². The first kappa shape index (κ1) is 14.7. The maximum Gasteiger partial charge on any atom is 0.0376 e. The van der Waals surface area contributed by atoms with Crippen molar-refractivity contribution in [2.75, 3.05) is 6.54 Å². The van der Waals surface area contributed by atoms with Gasteiger partial charge >= 0.3 is 0 Å². The van der Waals surface area contributed by atoms with Crippen LogP contribution in [0.25, 0.3) is 0 Å². The highest BCUT2D eigenvalue weighted by Crippen LogP contribution is 2.23. The lowest BCUT2D eigenvalue weighted by molar-refractivity contribution is 0.545. The molecular weight excluding hydrogens is 244 g/mol. The van der Waals surface area contributed by atoms with Gasteiger partial charge in [-0.15, -0.1) is 0 Å². The molecule has 0 radical (unpaired) electrons. The van der Waals surface area contributed by atoms with E-state index >= 15 is 0 Å². The zero-order chi connectivity index (χ0) is 14.5. The van der Waals surface area contributed by atoms with Gasteiger partial charge in [-0.25, -0.2) is 0 Å². The molecule has 1 aromatic carbocycles. The van der Waals surface area contributed by atoms with E-state index in [4.69, 9.17) is 0 Å². The predicted molar refractivity (Wildman–Crippen MR) is 85.0 cm³/mol. The fourth-order valence-electron chi connectivity index (χ4n) is 2.70. The SMILES string of the molecule is CCNC(Cc1c(C)cccc1C)c1cncc(C)c1. The van der Waals surface area contributed by atoms with Gasteiger partial charge < -0.3 is 5.32 Å². The van der Waals surface area contributed by atoms with Crippen LogP contribution in [0.4, 0.5) is 0 Å². The Morgan fingerprint density at radius 2 is 1.80 bits per heavy atom. The van der Waals surface area contributed by atoms with Crippen molar-refractivity contribution in [3.63, 3.8) is 0 Å². The van der Waals surface area contributed by atoms with Crippen molar-refractivity contribution in [1.29, 1.82) is 0 Å². The van der Waals surface area contributed by atoms with Gasteiger partial charge in [-0.2, -0.15) is 0 Å². The van der Waals surface area contributed by atoms with E-state index in [-0.39, 0.29) is 0 Å². The second-order valence-electron chi connectivity index (χ2n) is 5.48. The summed E-state index contributed by atoms with van der Waals surface area (Å²) in [6.07, 6.45) is 4.90. The molecule has 0 bridgehead atoms. The number of rotatable bonds is 5. The number of nitrogens with zero attached hydrogens (tertiary/aromatic N) is 1. The number of pyridine rings is 1. The molecule has 1 unspecified atom stereocenters. The predicted octanol–water partition coefficient (Wildman–Crippen LogP) is 3.90. The molecule has 1 heterocycles. The number of aromatic nitrogens is 1. The first-order chi connectivity index (χ1) is 9.61. The van der Waals surface area contributed by atoms with Crippen molar-refractivity contribution in [2.45, 2.75) is 40.2 Å². The Morgan fingerprint density at radius 1 is 1.10 bits per heavy atom. The second kappa shape index (κ2) is 6.67. The molecule has 2 aromatic rings. The van der Waals surface area contributed by atoms with E-state index in [0.29, 0.717) is 6.04 Å². The molecule has 1 atom stereocenters. The van der Waals surface area contributed by atoms with Crippen LogP contribution in [0.3, 0.4) is 0 Å². The van der Waals surface area contributed by atoms with Crippen LogP contribution in [0.5, 0.6) is 0 Å². The van der Waals surface area contributed by atoms with Gasteiger partial charge in [-0.3, -0.25) is 4.98 Å². The summed E-state index contributed by atoms with van der Waals surface area (Å²) in [6.45, 7) is 9.60. The molecule has 106 valence electrons. The Bertz CT molecular complexity index is 555. The topological polar surface area (TPSA) is 24.9 Å². The lowest BCUT2D eigenvalue weighted by atomic mass is 9.93. The van der Waals surface area contributed by atoms with Crippen LogP contribution in [0.1, 0.15) is 40.8 Å². The van der Waals surface area contributed by atoms with Gasteiger partial charge in [0.15, 0.2) is 0 Å². The normalized spacial score (nSPS) is 12.4. The van der Waals surface area contributed by atoms with E-state index in [2.05, 4.69) is 62.3 Å². The number of aryl methyl sites for hydroxylation is 3. The van der Waals surface area contributed by atoms with Crippen LogP contribution in [-0.4, -0.2) is 11.5 Å². The summed E-state index contributed by atoms with van der Waals surface area (Å²) in [5.41, 5.74) is 6.67. The lowest BCUT2D eigenvalue weighted by Gasteiger charge is -2.21. The van der Waals surface area contributed by atoms with Crippen molar-refractivity contribution < 1.29 is 0 Å². The third-order valence-corrected chi connectivity index (χ3v) is 3.80. The number of nitrogens with one attached hydrogen (secondary N) is 1. The van der Waals surface area contributed by atoms with E-state index in [9.17, 15) is 0 Å². The van der Waals surface area contributed by atoms with Crippen LogP contribution in [-0.2, 0) is 6.42 Å². The van der Waals surface area contributed by atoms with Crippen LogP contribution < -0.4 is 5.32 Å². The summed E-state index contributed by atoms with van der Waals surface area (Å²) in [5, 5.41) is 3.59. The van der Waals surface area contributed by atoms with Gasteiger partial charge in [0.2, 0.25) is 0 Å². The monoisotopic (exact) mass is 268 g/mol. The van der Waals surface area contributed by atoms with E-state index in [1.165, 1.54) is 27.8 Å². The lowest BCUT2D eigenvalue weighted by Crippen LogP contribution is -2.23. The number of hydrogen-bond acceptors (Lipinski definition) is 2. The van der Waals surface area contributed by atoms with Gasteiger partial charge in [0.25, 0.3) is 0 Å². The molecule has 0 amide bonds. The average Bonchev–Trinajstić information content (AvgIpc) is 2.42. The molecular formula is C18H24N2. The molecule has 0 aliphatic carbocycles. The molecule has 0 fully saturated rings. The molecule has 0 saturated carbocycles. The second-order valence-corrected chi connectivity index (χ2v) is 5.48. The van der Waals surface area contributed by atoms with E-state index in [1.807, 2.05) is 12.4 Å². The van der Waals surface area contributed by atoms with Crippen LogP contribution in [0, 0.1) is 20.8 Å². The smallest absolute Gasteiger partial charge is 0.0376 e. The molecule has 20 heavy (non-hydrogen) atoms. The summed E-state index contributed by atoms with van der Waals surface area (Å²) in [5.74, 6) is 0. The highest BCUT2D eigenvalue weighted by molar-refractivity contribution is 5.35. The maximum absolute atomic E-state index is 4.33. The third kappa shape index (κ3) is 3.45. The minimum Gasteiger partial charge on any atom is -0.310 e. The first-order valence-corrected chi connectivity index (χ1v) is 7.31. The molecule has 0 saturated heterocycles. The zero-order valence-corrected chi connectivity index (χ0v) is 12.9. The van der Waals surface area contributed by atoms with Crippen LogP contribution in [0.15, 0.2) is 36.7 Å². The number of likely N-dealkylation sites (N-methyl/N-ethyl adjacent to an activating group) is 1. The van der Waals surface area contributed by atoms with E-state index < -0.39 is 0 Å². The Hall–Kier alpha value is -1.67. The van der Waals surface area contributed by atoms with Gasteiger partial charge in [-0.05, 0) is 61.6 Å². The maximum atomic E-state index is 4.33. The fourth-order valence-corrected chi connectivity index (χ4v) is 2.70. The van der Waals surface area contributed by atoms with Gasteiger partial charge in [0, 0.05) is 18.4 Å². The molecule has 1 aromatic heterocycles. The van der Waals surface area contributed by atoms with Gasteiger partial charge in [0.05, 0.1) is 0 Å². The summed E-state index contributed by atoms with van der Waals surface area (Å²) in [4.78, 5) is 4.33.